The molecule has 1 heterocycles. The monoisotopic (exact) mass is 254 g/mol. The summed E-state index contributed by atoms with van der Waals surface area (Å²) in [7, 11) is 1.84. The molecule has 2 atom stereocenters. The Morgan fingerprint density at radius 3 is 2.50 bits per heavy atom. The van der Waals surface area contributed by atoms with Crippen LogP contribution in [0.25, 0.3) is 0 Å². The number of hydrogen-bond acceptors (Lipinski definition) is 3. The fourth-order valence-electron chi connectivity index (χ4n) is 3.40. The Morgan fingerprint density at radius 1 is 1.11 bits per heavy atom. The van der Waals surface area contributed by atoms with Crippen LogP contribution in [0.2, 0.25) is 0 Å². The molecule has 1 N–H and O–H groups in total. The summed E-state index contributed by atoms with van der Waals surface area (Å²) < 4.78 is 5.41. The minimum Gasteiger partial charge on any atom is -0.381 e. The minimum absolute atomic E-state index is 0.507. The average Bonchev–Trinajstić information content (AvgIpc) is 2.42. The van der Waals surface area contributed by atoms with Gasteiger partial charge in [0.1, 0.15) is 0 Å². The van der Waals surface area contributed by atoms with Crippen LogP contribution in [0, 0.1) is 5.92 Å². The fraction of sp³-hybridized carbons (Fsp3) is 1.00. The normalized spacial score (nSPS) is 31.7. The topological polar surface area (TPSA) is 24.5 Å². The van der Waals surface area contributed by atoms with Gasteiger partial charge in [0.15, 0.2) is 0 Å². The molecule has 1 saturated heterocycles. The maximum atomic E-state index is 5.41. The zero-order chi connectivity index (χ0) is 12.8. The van der Waals surface area contributed by atoms with E-state index in [2.05, 4.69) is 17.1 Å². The van der Waals surface area contributed by atoms with Gasteiger partial charge in [-0.05, 0) is 31.6 Å². The standard InChI is InChI=1S/C15H30N2O/c1-13-5-3-4-6-15(13)16-9-12-17-10-7-14(18-2)8-11-17/h13-16H,3-12H2,1-2H3. The quantitative estimate of drug-likeness (QED) is 0.814. The Kier molecular flexibility index (Phi) is 5.93. The van der Waals surface area contributed by atoms with E-state index in [1.165, 1.54) is 58.2 Å². The number of ether oxygens (including phenoxy) is 1. The van der Waals surface area contributed by atoms with E-state index in [-0.39, 0.29) is 0 Å². The van der Waals surface area contributed by atoms with E-state index in [1.54, 1.807) is 0 Å². The number of hydrogen-bond donors (Lipinski definition) is 1. The van der Waals surface area contributed by atoms with Gasteiger partial charge >= 0.3 is 0 Å². The van der Waals surface area contributed by atoms with Crippen molar-refractivity contribution in [1.82, 2.24) is 10.2 Å². The first-order valence-electron chi connectivity index (χ1n) is 7.78. The SMILES string of the molecule is COC1CCN(CCNC2CCCCC2C)CC1. The number of piperidine rings is 1. The van der Waals surface area contributed by atoms with E-state index in [0.717, 1.165) is 18.5 Å². The molecule has 2 rings (SSSR count). The number of methoxy groups -OCH3 is 1. The number of nitrogens with one attached hydrogen (secondary N) is 1. The Bertz CT molecular complexity index is 227. The van der Waals surface area contributed by atoms with E-state index < -0.39 is 0 Å². The third-order valence-electron chi connectivity index (χ3n) is 4.81. The highest BCUT2D eigenvalue weighted by Crippen LogP contribution is 2.23. The third-order valence-corrected chi connectivity index (χ3v) is 4.81. The fourth-order valence-corrected chi connectivity index (χ4v) is 3.40. The second kappa shape index (κ2) is 7.46. The molecule has 0 aromatic heterocycles. The summed E-state index contributed by atoms with van der Waals surface area (Å²) in [5, 5.41) is 3.77. The van der Waals surface area contributed by atoms with Crippen LogP contribution in [0.4, 0.5) is 0 Å². The predicted octanol–water partition coefficient (Wildman–Crippen LogP) is 2.27. The molecule has 106 valence electrons. The van der Waals surface area contributed by atoms with Crippen LogP contribution in [0.3, 0.4) is 0 Å². The molecule has 1 saturated carbocycles. The van der Waals surface area contributed by atoms with Crippen LogP contribution < -0.4 is 5.32 Å². The molecule has 2 fully saturated rings. The number of rotatable bonds is 5. The summed E-state index contributed by atoms with van der Waals surface area (Å²) >= 11 is 0. The molecule has 0 bridgehead atoms. The molecular formula is C15H30N2O. The summed E-state index contributed by atoms with van der Waals surface area (Å²) in [6.07, 6.45) is 8.56. The van der Waals surface area contributed by atoms with E-state index in [0.29, 0.717) is 6.10 Å². The van der Waals surface area contributed by atoms with Crippen molar-refractivity contribution in [3.63, 3.8) is 0 Å². The lowest BCUT2D eigenvalue weighted by Crippen LogP contribution is -2.44. The van der Waals surface area contributed by atoms with Crippen molar-refractivity contribution < 1.29 is 4.74 Å². The van der Waals surface area contributed by atoms with E-state index in [9.17, 15) is 0 Å². The first kappa shape index (κ1) is 14.3. The van der Waals surface area contributed by atoms with E-state index in [1.807, 2.05) is 7.11 Å². The van der Waals surface area contributed by atoms with Crippen molar-refractivity contribution in [1.29, 1.82) is 0 Å². The highest BCUT2D eigenvalue weighted by atomic mass is 16.5. The van der Waals surface area contributed by atoms with Crippen LogP contribution >= 0.6 is 0 Å². The van der Waals surface area contributed by atoms with Crippen molar-refractivity contribution in [3.8, 4) is 0 Å². The smallest absolute Gasteiger partial charge is 0.0595 e. The number of likely N-dealkylation sites (tertiary alicyclic amines) is 1. The zero-order valence-electron chi connectivity index (χ0n) is 12.2. The van der Waals surface area contributed by atoms with Gasteiger partial charge in [-0.15, -0.1) is 0 Å². The second-order valence-electron chi connectivity index (χ2n) is 6.10. The van der Waals surface area contributed by atoms with Crippen molar-refractivity contribution in [2.45, 2.75) is 57.6 Å². The number of nitrogens with zero attached hydrogens (tertiary/aromatic N) is 1. The molecule has 0 aromatic rings. The van der Waals surface area contributed by atoms with Crippen molar-refractivity contribution in [2.24, 2.45) is 5.92 Å². The van der Waals surface area contributed by atoms with Gasteiger partial charge in [-0.25, -0.2) is 0 Å². The molecule has 2 unspecified atom stereocenters. The second-order valence-corrected chi connectivity index (χ2v) is 6.10. The van der Waals surface area contributed by atoms with E-state index >= 15 is 0 Å². The van der Waals surface area contributed by atoms with Crippen molar-refractivity contribution in [2.75, 3.05) is 33.3 Å². The summed E-state index contributed by atoms with van der Waals surface area (Å²) in [5.41, 5.74) is 0. The molecule has 1 aliphatic heterocycles. The van der Waals surface area contributed by atoms with Gasteiger partial charge in [-0.3, -0.25) is 0 Å². The molecule has 0 aromatic carbocycles. The molecule has 1 aliphatic carbocycles. The summed E-state index contributed by atoms with van der Waals surface area (Å²) in [4.78, 5) is 2.58. The Hall–Kier alpha value is -0.120. The van der Waals surface area contributed by atoms with Crippen LogP contribution in [-0.4, -0.2) is 50.3 Å². The Balaban J connectivity index is 1.58. The lowest BCUT2D eigenvalue weighted by atomic mass is 9.86. The minimum atomic E-state index is 0.507. The van der Waals surface area contributed by atoms with Crippen molar-refractivity contribution >= 4 is 0 Å². The molecule has 18 heavy (non-hydrogen) atoms. The van der Waals surface area contributed by atoms with Gasteiger partial charge in [0.05, 0.1) is 6.10 Å². The Labute approximate surface area is 112 Å². The summed E-state index contributed by atoms with van der Waals surface area (Å²) in [6, 6.07) is 0.773. The van der Waals surface area contributed by atoms with Gasteiger partial charge in [-0.1, -0.05) is 19.8 Å². The van der Waals surface area contributed by atoms with E-state index in [4.69, 9.17) is 4.74 Å². The highest BCUT2D eigenvalue weighted by molar-refractivity contribution is 4.79. The first-order chi connectivity index (χ1) is 8.79. The molecule has 3 heteroatoms. The van der Waals surface area contributed by atoms with Crippen LogP contribution in [-0.2, 0) is 4.74 Å². The largest absolute Gasteiger partial charge is 0.381 e. The summed E-state index contributed by atoms with van der Waals surface area (Å²) in [6.45, 7) is 7.19. The highest BCUT2D eigenvalue weighted by Gasteiger charge is 2.21. The van der Waals surface area contributed by atoms with Crippen LogP contribution in [0.1, 0.15) is 45.4 Å². The molecule has 2 aliphatic rings. The average molecular weight is 254 g/mol. The van der Waals surface area contributed by atoms with Gasteiger partial charge in [0.2, 0.25) is 0 Å². The van der Waals surface area contributed by atoms with Gasteiger partial charge in [0.25, 0.3) is 0 Å². The van der Waals surface area contributed by atoms with Gasteiger partial charge in [-0.2, -0.15) is 0 Å². The van der Waals surface area contributed by atoms with Crippen LogP contribution in [0.5, 0.6) is 0 Å². The Morgan fingerprint density at radius 2 is 1.83 bits per heavy atom. The summed E-state index contributed by atoms with van der Waals surface area (Å²) in [5.74, 6) is 0.873. The molecule has 0 radical (unpaired) electrons. The zero-order valence-corrected chi connectivity index (χ0v) is 12.2. The molecule has 0 amide bonds. The van der Waals surface area contributed by atoms with Gasteiger partial charge < -0.3 is 15.0 Å². The van der Waals surface area contributed by atoms with Crippen molar-refractivity contribution in [3.05, 3.63) is 0 Å². The lowest BCUT2D eigenvalue weighted by molar-refractivity contribution is 0.0410. The molecular weight excluding hydrogens is 224 g/mol. The van der Waals surface area contributed by atoms with Crippen LogP contribution in [0.15, 0.2) is 0 Å². The predicted molar refractivity (Wildman–Crippen MR) is 75.9 cm³/mol. The maximum Gasteiger partial charge on any atom is 0.0595 e. The third kappa shape index (κ3) is 4.22. The maximum absolute atomic E-state index is 5.41. The molecule has 0 spiro atoms. The van der Waals surface area contributed by atoms with Gasteiger partial charge in [0, 0.05) is 39.3 Å². The molecule has 3 nitrogen and oxygen atoms in total. The first-order valence-corrected chi connectivity index (χ1v) is 7.78. The lowest BCUT2D eigenvalue weighted by Gasteiger charge is -2.33.